The number of amides is 2. The van der Waals surface area contributed by atoms with Crippen molar-refractivity contribution in [2.24, 2.45) is 0 Å². The number of nitriles is 1. The lowest BCUT2D eigenvalue weighted by molar-refractivity contribution is -0.121. The quantitative estimate of drug-likeness (QED) is 0.584. The first kappa shape index (κ1) is 23.2. The number of benzene rings is 2. The first-order valence-corrected chi connectivity index (χ1v) is 11.2. The average Bonchev–Trinajstić information content (AvgIpc) is 2.75. The molecule has 0 saturated carbocycles. The highest BCUT2D eigenvalue weighted by Gasteiger charge is 2.30. The Morgan fingerprint density at radius 3 is 2.78 bits per heavy atom. The smallest absolute Gasteiger partial charge is 0.234 e. The van der Waals surface area contributed by atoms with E-state index in [9.17, 15) is 20.0 Å². The monoisotopic (exact) mass is 451 g/mol. The lowest BCUT2D eigenvalue weighted by atomic mass is 9.87. The molecule has 7 nitrogen and oxygen atoms in total. The van der Waals surface area contributed by atoms with Crippen molar-refractivity contribution >= 4 is 29.3 Å². The molecule has 1 aliphatic rings. The minimum Gasteiger partial charge on any atom is -0.504 e. The van der Waals surface area contributed by atoms with Gasteiger partial charge in [0.15, 0.2) is 11.5 Å². The van der Waals surface area contributed by atoms with E-state index >= 15 is 0 Å². The van der Waals surface area contributed by atoms with Gasteiger partial charge in [-0.05, 0) is 50.1 Å². The van der Waals surface area contributed by atoms with Gasteiger partial charge in [-0.1, -0.05) is 35.5 Å². The summed E-state index contributed by atoms with van der Waals surface area (Å²) in [6.07, 6.45) is 0.0953. The maximum absolute atomic E-state index is 12.5. The summed E-state index contributed by atoms with van der Waals surface area (Å²) in [6.45, 7) is 6.09. The molecular weight excluding hydrogens is 426 g/mol. The van der Waals surface area contributed by atoms with Gasteiger partial charge in [0.25, 0.3) is 0 Å². The van der Waals surface area contributed by atoms with Crippen LogP contribution >= 0.6 is 11.8 Å². The van der Waals surface area contributed by atoms with Crippen molar-refractivity contribution in [3.8, 4) is 17.6 Å². The third-order valence-corrected chi connectivity index (χ3v) is 6.06. The van der Waals surface area contributed by atoms with E-state index in [4.69, 9.17) is 4.74 Å². The van der Waals surface area contributed by atoms with Crippen molar-refractivity contribution in [3.63, 3.8) is 0 Å². The molecule has 8 heteroatoms. The molecule has 32 heavy (non-hydrogen) atoms. The third kappa shape index (κ3) is 5.42. The van der Waals surface area contributed by atoms with Gasteiger partial charge in [-0.2, -0.15) is 5.26 Å². The Kier molecular flexibility index (Phi) is 7.44. The van der Waals surface area contributed by atoms with E-state index < -0.39 is 5.92 Å². The molecule has 2 aromatic rings. The van der Waals surface area contributed by atoms with Crippen LogP contribution in [0.25, 0.3) is 0 Å². The SMILES string of the molecule is CCOc1cc(C2CC(=O)NC(SCC(=O)Nc3ccc(C)cc3C)=C2C#N)ccc1O. The van der Waals surface area contributed by atoms with E-state index in [1.54, 1.807) is 19.1 Å². The molecule has 166 valence electrons. The van der Waals surface area contributed by atoms with Gasteiger partial charge in [-0.25, -0.2) is 0 Å². The highest BCUT2D eigenvalue weighted by Crippen LogP contribution is 2.39. The predicted molar refractivity (Wildman–Crippen MR) is 124 cm³/mol. The molecule has 1 atom stereocenters. The van der Waals surface area contributed by atoms with Crippen LogP contribution in [-0.4, -0.2) is 29.3 Å². The second kappa shape index (κ2) is 10.2. The third-order valence-electron chi connectivity index (χ3n) is 5.05. The minimum absolute atomic E-state index is 0.00369. The van der Waals surface area contributed by atoms with Crippen LogP contribution in [-0.2, 0) is 9.59 Å². The van der Waals surface area contributed by atoms with E-state index in [1.165, 1.54) is 6.07 Å². The summed E-state index contributed by atoms with van der Waals surface area (Å²) in [5.74, 6) is -0.617. The number of rotatable bonds is 7. The Labute approximate surface area is 191 Å². The second-order valence-corrected chi connectivity index (χ2v) is 8.46. The summed E-state index contributed by atoms with van der Waals surface area (Å²) in [5.41, 5.74) is 3.87. The number of phenolic OH excluding ortho intramolecular Hbond substituents is 1. The molecule has 2 aromatic carbocycles. The molecule has 0 spiro atoms. The van der Waals surface area contributed by atoms with Gasteiger partial charge in [-0.15, -0.1) is 0 Å². The van der Waals surface area contributed by atoms with Crippen LogP contribution in [0.15, 0.2) is 47.0 Å². The van der Waals surface area contributed by atoms with Crippen molar-refractivity contribution in [3.05, 3.63) is 63.7 Å². The fourth-order valence-corrected chi connectivity index (χ4v) is 4.39. The number of allylic oxidation sites excluding steroid dienone is 1. The van der Waals surface area contributed by atoms with Gasteiger partial charge in [-0.3, -0.25) is 9.59 Å². The number of nitrogens with one attached hydrogen (secondary N) is 2. The normalized spacial score (nSPS) is 15.7. The van der Waals surface area contributed by atoms with E-state index in [2.05, 4.69) is 16.7 Å². The first-order valence-electron chi connectivity index (χ1n) is 10.2. The highest BCUT2D eigenvalue weighted by atomic mass is 32.2. The Morgan fingerprint density at radius 2 is 2.09 bits per heavy atom. The zero-order valence-corrected chi connectivity index (χ0v) is 19.0. The van der Waals surface area contributed by atoms with Crippen molar-refractivity contribution in [1.82, 2.24) is 5.32 Å². The van der Waals surface area contributed by atoms with Crippen LogP contribution in [0.4, 0.5) is 5.69 Å². The van der Waals surface area contributed by atoms with E-state index in [1.807, 2.05) is 32.0 Å². The van der Waals surface area contributed by atoms with Crippen LogP contribution in [0, 0.1) is 25.2 Å². The Hall–Kier alpha value is -3.44. The van der Waals surface area contributed by atoms with Crippen molar-refractivity contribution in [2.45, 2.75) is 33.1 Å². The van der Waals surface area contributed by atoms with Crippen LogP contribution in [0.5, 0.6) is 11.5 Å². The predicted octanol–water partition coefficient (Wildman–Crippen LogP) is 4.12. The number of thioether (sulfide) groups is 1. The molecule has 2 amide bonds. The molecule has 0 bridgehead atoms. The standard InChI is InChI=1S/C24H25N3O4S/c1-4-31-21-10-16(6-8-20(21)28)17-11-22(29)27-24(18(17)12-25)32-13-23(30)26-19-7-5-14(2)9-15(19)3/h5-10,17,28H,4,11,13H2,1-3H3,(H,26,30)(H,27,29). The van der Waals surface area contributed by atoms with Crippen molar-refractivity contribution in [2.75, 3.05) is 17.7 Å². The number of aromatic hydroxyl groups is 1. The molecule has 1 heterocycles. The molecule has 1 unspecified atom stereocenters. The van der Waals surface area contributed by atoms with Crippen LogP contribution < -0.4 is 15.4 Å². The summed E-state index contributed by atoms with van der Waals surface area (Å²) < 4.78 is 5.44. The number of hydrogen-bond donors (Lipinski definition) is 3. The number of hydrogen-bond acceptors (Lipinski definition) is 6. The first-order chi connectivity index (χ1) is 15.3. The molecule has 1 aliphatic heterocycles. The minimum atomic E-state index is -0.488. The Bertz CT molecular complexity index is 1120. The van der Waals surface area contributed by atoms with Crippen molar-refractivity contribution < 1.29 is 19.4 Å². The molecule has 0 aliphatic carbocycles. The number of anilines is 1. The Morgan fingerprint density at radius 1 is 1.31 bits per heavy atom. The summed E-state index contributed by atoms with van der Waals surface area (Å²) in [4.78, 5) is 24.8. The van der Waals surface area contributed by atoms with E-state index in [-0.39, 0.29) is 29.7 Å². The summed E-state index contributed by atoms with van der Waals surface area (Å²) in [7, 11) is 0. The van der Waals surface area contributed by atoms with Gasteiger partial charge < -0.3 is 20.5 Å². The summed E-state index contributed by atoms with van der Waals surface area (Å²) >= 11 is 1.12. The highest BCUT2D eigenvalue weighted by molar-refractivity contribution is 8.03. The number of phenols is 1. The number of ether oxygens (including phenoxy) is 1. The maximum atomic E-state index is 12.5. The van der Waals surface area contributed by atoms with Crippen LogP contribution in [0.2, 0.25) is 0 Å². The number of aryl methyl sites for hydroxylation is 2. The Balaban J connectivity index is 1.79. The zero-order chi connectivity index (χ0) is 23.3. The number of nitrogens with zero attached hydrogens (tertiary/aromatic N) is 1. The molecule has 0 saturated heterocycles. The van der Waals surface area contributed by atoms with Gasteiger partial charge in [0, 0.05) is 18.0 Å². The van der Waals surface area contributed by atoms with Gasteiger partial charge in [0.1, 0.15) is 0 Å². The zero-order valence-electron chi connectivity index (χ0n) is 18.2. The van der Waals surface area contributed by atoms with E-state index in [0.717, 1.165) is 28.6 Å². The molecule has 0 radical (unpaired) electrons. The fourth-order valence-electron chi connectivity index (χ4n) is 3.51. The largest absolute Gasteiger partial charge is 0.504 e. The second-order valence-electron chi connectivity index (χ2n) is 7.47. The topological polar surface area (TPSA) is 111 Å². The van der Waals surface area contributed by atoms with Crippen molar-refractivity contribution in [1.29, 1.82) is 5.26 Å². The molecule has 0 fully saturated rings. The molecule has 3 N–H and O–H groups in total. The summed E-state index contributed by atoms with van der Waals surface area (Å²) in [6, 6.07) is 12.8. The fraction of sp³-hybridized carbons (Fsp3) is 0.292. The van der Waals surface area contributed by atoms with Crippen LogP contribution in [0.3, 0.4) is 0 Å². The van der Waals surface area contributed by atoms with E-state index in [0.29, 0.717) is 28.5 Å². The lowest BCUT2D eigenvalue weighted by Gasteiger charge is -2.25. The average molecular weight is 452 g/mol. The molecule has 3 rings (SSSR count). The number of carbonyl (C=O) groups is 2. The lowest BCUT2D eigenvalue weighted by Crippen LogP contribution is -2.31. The van der Waals surface area contributed by atoms with Gasteiger partial charge in [0.2, 0.25) is 11.8 Å². The molecular formula is C24H25N3O4S. The van der Waals surface area contributed by atoms with Crippen LogP contribution in [0.1, 0.15) is 36.0 Å². The molecule has 0 aromatic heterocycles. The van der Waals surface area contributed by atoms with Gasteiger partial charge >= 0.3 is 0 Å². The summed E-state index contributed by atoms with van der Waals surface area (Å²) in [5, 5.41) is 25.7. The maximum Gasteiger partial charge on any atom is 0.234 e. The number of carbonyl (C=O) groups excluding carboxylic acids is 2. The van der Waals surface area contributed by atoms with Gasteiger partial charge in [0.05, 0.1) is 29.0 Å².